The van der Waals surface area contributed by atoms with Crippen LogP contribution >= 0.6 is 0 Å². The van der Waals surface area contributed by atoms with Gasteiger partial charge < -0.3 is 5.32 Å². The van der Waals surface area contributed by atoms with E-state index in [2.05, 4.69) is 57.3 Å². The second-order valence-corrected chi connectivity index (χ2v) is 5.29. The van der Waals surface area contributed by atoms with Crippen molar-refractivity contribution in [1.29, 1.82) is 0 Å². The molecule has 0 bridgehead atoms. The molecule has 0 fully saturated rings. The Balaban J connectivity index is 2.79. The second-order valence-electron chi connectivity index (χ2n) is 5.29. The van der Waals surface area contributed by atoms with E-state index < -0.39 is 0 Å². The third-order valence-corrected chi connectivity index (χ3v) is 3.67. The summed E-state index contributed by atoms with van der Waals surface area (Å²) in [4.78, 5) is 0. The highest BCUT2D eigenvalue weighted by atomic mass is 14.9. The molecule has 1 aromatic rings. The quantitative estimate of drug-likeness (QED) is 0.700. The second kappa shape index (κ2) is 8.31. The Kier molecular flexibility index (Phi) is 7.04. The highest BCUT2D eigenvalue weighted by Crippen LogP contribution is 2.26. The van der Waals surface area contributed by atoms with E-state index in [1.807, 2.05) is 0 Å². The fraction of sp³-hybridized carbons (Fsp3) is 0.647. The summed E-state index contributed by atoms with van der Waals surface area (Å²) in [7, 11) is 0. The van der Waals surface area contributed by atoms with Crippen LogP contribution in [0.5, 0.6) is 0 Å². The molecule has 1 N–H and O–H groups in total. The smallest absolute Gasteiger partial charge is 0.0346 e. The van der Waals surface area contributed by atoms with Gasteiger partial charge in [0.25, 0.3) is 0 Å². The van der Waals surface area contributed by atoms with Gasteiger partial charge in [0.05, 0.1) is 0 Å². The van der Waals surface area contributed by atoms with Gasteiger partial charge >= 0.3 is 0 Å². The van der Waals surface area contributed by atoms with Crippen LogP contribution in [0.15, 0.2) is 24.3 Å². The van der Waals surface area contributed by atoms with Crippen molar-refractivity contribution in [2.45, 2.75) is 59.4 Å². The monoisotopic (exact) mass is 247 g/mol. The van der Waals surface area contributed by atoms with Crippen molar-refractivity contribution in [3.63, 3.8) is 0 Å². The van der Waals surface area contributed by atoms with Crippen molar-refractivity contribution in [3.8, 4) is 0 Å². The maximum atomic E-state index is 3.71. The predicted molar refractivity (Wildman–Crippen MR) is 80.9 cm³/mol. The van der Waals surface area contributed by atoms with E-state index in [0.717, 1.165) is 13.0 Å². The first-order valence-electron chi connectivity index (χ1n) is 7.55. The number of rotatable bonds is 8. The fourth-order valence-electron chi connectivity index (χ4n) is 2.53. The van der Waals surface area contributed by atoms with Gasteiger partial charge in [-0.15, -0.1) is 0 Å². The Morgan fingerprint density at radius 1 is 1.00 bits per heavy atom. The minimum atomic E-state index is 0.510. The average molecular weight is 247 g/mol. The molecule has 0 heterocycles. The first-order valence-corrected chi connectivity index (χ1v) is 7.55. The van der Waals surface area contributed by atoms with Crippen LogP contribution in [0.25, 0.3) is 0 Å². The van der Waals surface area contributed by atoms with E-state index in [0.29, 0.717) is 12.0 Å². The van der Waals surface area contributed by atoms with Crippen molar-refractivity contribution >= 4 is 0 Å². The van der Waals surface area contributed by atoms with E-state index >= 15 is 0 Å². The van der Waals surface area contributed by atoms with Crippen LogP contribution in [-0.2, 0) is 6.42 Å². The Bertz CT molecular complexity index is 315. The van der Waals surface area contributed by atoms with E-state index in [9.17, 15) is 0 Å². The van der Waals surface area contributed by atoms with Gasteiger partial charge in [-0.1, -0.05) is 58.4 Å². The standard InChI is InChI=1S/C17H29N/c1-5-8-14(4)17(18-13-6-2)16-11-9-15(7-3)10-12-16/h9-12,14,17-18H,5-8,13H2,1-4H3. The van der Waals surface area contributed by atoms with Crippen LogP contribution in [0.3, 0.4) is 0 Å². The molecule has 18 heavy (non-hydrogen) atoms. The van der Waals surface area contributed by atoms with E-state index in [1.165, 1.54) is 30.4 Å². The van der Waals surface area contributed by atoms with Gasteiger partial charge in [0.2, 0.25) is 0 Å². The Labute approximate surface area is 113 Å². The Morgan fingerprint density at radius 2 is 1.67 bits per heavy atom. The molecule has 1 heteroatoms. The zero-order chi connectivity index (χ0) is 13.4. The van der Waals surface area contributed by atoms with Crippen molar-refractivity contribution in [1.82, 2.24) is 5.32 Å². The molecule has 2 atom stereocenters. The summed E-state index contributed by atoms with van der Waals surface area (Å²) in [6.45, 7) is 10.2. The fourth-order valence-corrected chi connectivity index (χ4v) is 2.53. The summed E-state index contributed by atoms with van der Waals surface area (Å²) in [5.74, 6) is 0.703. The Hall–Kier alpha value is -0.820. The van der Waals surface area contributed by atoms with Crippen LogP contribution in [0.4, 0.5) is 0 Å². The first-order chi connectivity index (χ1) is 8.72. The summed E-state index contributed by atoms with van der Waals surface area (Å²) in [5, 5.41) is 3.71. The molecule has 1 nitrogen and oxygen atoms in total. The summed E-state index contributed by atoms with van der Waals surface area (Å²) in [6.07, 6.45) is 4.87. The molecule has 0 aliphatic carbocycles. The molecule has 0 saturated carbocycles. The summed E-state index contributed by atoms with van der Waals surface area (Å²) in [6, 6.07) is 9.66. The molecule has 0 aliphatic rings. The molecule has 102 valence electrons. The lowest BCUT2D eigenvalue weighted by Crippen LogP contribution is -2.27. The zero-order valence-corrected chi connectivity index (χ0v) is 12.5. The van der Waals surface area contributed by atoms with Crippen LogP contribution < -0.4 is 5.32 Å². The third kappa shape index (κ3) is 4.45. The molecule has 0 radical (unpaired) electrons. The topological polar surface area (TPSA) is 12.0 Å². The summed E-state index contributed by atoms with van der Waals surface area (Å²) < 4.78 is 0. The molecular weight excluding hydrogens is 218 g/mol. The van der Waals surface area contributed by atoms with Gasteiger partial charge in [0, 0.05) is 6.04 Å². The molecule has 0 spiro atoms. The molecular formula is C17H29N. The van der Waals surface area contributed by atoms with Crippen molar-refractivity contribution in [3.05, 3.63) is 35.4 Å². The molecule has 0 saturated heterocycles. The van der Waals surface area contributed by atoms with Gasteiger partial charge in [-0.2, -0.15) is 0 Å². The normalized spacial score (nSPS) is 14.4. The number of nitrogens with one attached hydrogen (secondary N) is 1. The van der Waals surface area contributed by atoms with E-state index in [-0.39, 0.29) is 0 Å². The third-order valence-electron chi connectivity index (χ3n) is 3.67. The van der Waals surface area contributed by atoms with Crippen LogP contribution in [-0.4, -0.2) is 6.54 Å². The highest BCUT2D eigenvalue weighted by molar-refractivity contribution is 5.25. The van der Waals surface area contributed by atoms with E-state index in [1.54, 1.807) is 0 Å². The Morgan fingerprint density at radius 3 is 2.17 bits per heavy atom. The lowest BCUT2D eigenvalue weighted by atomic mass is 9.90. The minimum absolute atomic E-state index is 0.510. The van der Waals surface area contributed by atoms with Gasteiger partial charge in [-0.25, -0.2) is 0 Å². The van der Waals surface area contributed by atoms with Crippen LogP contribution in [0.2, 0.25) is 0 Å². The lowest BCUT2D eigenvalue weighted by molar-refractivity contribution is 0.363. The maximum Gasteiger partial charge on any atom is 0.0346 e. The lowest BCUT2D eigenvalue weighted by Gasteiger charge is -2.25. The van der Waals surface area contributed by atoms with Crippen molar-refractivity contribution < 1.29 is 0 Å². The van der Waals surface area contributed by atoms with Gasteiger partial charge in [0.15, 0.2) is 0 Å². The highest BCUT2D eigenvalue weighted by Gasteiger charge is 2.17. The predicted octanol–water partition coefficient (Wildman–Crippen LogP) is 4.73. The maximum absolute atomic E-state index is 3.71. The number of hydrogen-bond donors (Lipinski definition) is 1. The zero-order valence-electron chi connectivity index (χ0n) is 12.5. The molecule has 0 aromatic heterocycles. The van der Waals surface area contributed by atoms with Crippen LogP contribution in [0.1, 0.15) is 64.1 Å². The largest absolute Gasteiger partial charge is 0.310 e. The van der Waals surface area contributed by atoms with Crippen molar-refractivity contribution in [2.75, 3.05) is 6.54 Å². The molecule has 0 aliphatic heterocycles. The van der Waals surface area contributed by atoms with Crippen molar-refractivity contribution in [2.24, 2.45) is 5.92 Å². The molecule has 0 amide bonds. The first kappa shape index (κ1) is 15.2. The van der Waals surface area contributed by atoms with Gasteiger partial charge in [-0.3, -0.25) is 0 Å². The SMILES string of the molecule is CCCNC(c1ccc(CC)cc1)C(C)CCC. The molecule has 1 rings (SSSR count). The average Bonchev–Trinajstić information content (AvgIpc) is 2.40. The van der Waals surface area contributed by atoms with Gasteiger partial charge in [0.1, 0.15) is 0 Å². The number of hydrogen-bond acceptors (Lipinski definition) is 1. The minimum Gasteiger partial charge on any atom is -0.310 e. The summed E-state index contributed by atoms with van der Waals surface area (Å²) in [5.41, 5.74) is 2.87. The van der Waals surface area contributed by atoms with Crippen LogP contribution in [0, 0.1) is 5.92 Å². The number of benzene rings is 1. The summed E-state index contributed by atoms with van der Waals surface area (Å²) >= 11 is 0. The molecule has 2 unspecified atom stereocenters. The van der Waals surface area contributed by atoms with Gasteiger partial charge in [-0.05, 0) is 42.9 Å². The van der Waals surface area contributed by atoms with E-state index in [4.69, 9.17) is 0 Å². The molecule has 1 aromatic carbocycles. The number of aryl methyl sites for hydroxylation is 1.